The Morgan fingerprint density at radius 1 is 1.00 bits per heavy atom. The number of hydrogen-bond donors (Lipinski definition) is 2. The van der Waals surface area contributed by atoms with Gasteiger partial charge in [0.05, 0.1) is 0 Å². The minimum absolute atomic E-state index is 0.582. The van der Waals surface area contributed by atoms with Gasteiger partial charge in [0.25, 0.3) is 0 Å². The molecule has 0 aliphatic heterocycles. The van der Waals surface area contributed by atoms with Crippen LogP contribution in [0.25, 0.3) is 0 Å². The highest BCUT2D eigenvalue weighted by Gasteiger charge is 2.29. The van der Waals surface area contributed by atoms with Crippen molar-refractivity contribution in [1.82, 2.24) is 9.97 Å². The van der Waals surface area contributed by atoms with Gasteiger partial charge in [-0.1, -0.05) is 13.3 Å². The molecule has 0 unspecified atom stereocenters. The highest BCUT2D eigenvalue weighted by molar-refractivity contribution is 5.57. The minimum atomic E-state index is 0.582. The quantitative estimate of drug-likeness (QED) is 0.857. The molecule has 0 saturated heterocycles. The Morgan fingerprint density at radius 3 is 2.24 bits per heavy atom. The van der Waals surface area contributed by atoms with Crippen LogP contribution in [-0.2, 0) is 0 Å². The van der Waals surface area contributed by atoms with E-state index >= 15 is 0 Å². The van der Waals surface area contributed by atoms with Gasteiger partial charge >= 0.3 is 0 Å². The van der Waals surface area contributed by atoms with Gasteiger partial charge in [-0.25, -0.2) is 9.97 Å². The summed E-state index contributed by atoms with van der Waals surface area (Å²) in [4.78, 5) is 9.48. The lowest BCUT2D eigenvalue weighted by Gasteiger charge is -2.29. The molecule has 21 heavy (non-hydrogen) atoms. The Balaban J connectivity index is 1.73. The molecule has 4 nitrogen and oxygen atoms in total. The third-order valence-corrected chi connectivity index (χ3v) is 5.11. The van der Waals surface area contributed by atoms with Crippen LogP contribution in [0.5, 0.6) is 0 Å². The summed E-state index contributed by atoms with van der Waals surface area (Å²) < 4.78 is 0. The summed E-state index contributed by atoms with van der Waals surface area (Å²) in [7, 11) is 1.95. The third-order valence-electron chi connectivity index (χ3n) is 5.11. The van der Waals surface area contributed by atoms with E-state index in [0.29, 0.717) is 12.0 Å². The summed E-state index contributed by atoms with van der Waals surface area (Å²) in [5, 5.41) is 6.92. The van der Waals surface area contributed by atoms with Gasteiger partial charge in [-0.3, -0.25) is 0 Å². The summed E-state index contributed by atoms with van der Waals surface area (Å²) >= 11 is 0. The topological polar surface area (TPSA) is 49.8 Å². The van der Waals surface area contributed by atoms with Crippen LogP contribution in [0.1, 0.15) is 69.2 Å². The van der Waals surface area contributed by atoms with Crippen molar-refractivity contribution in [1.29, 1.82) is 0 Å². The fourth-order valence-corrected chi connectivity index (χ4v) is 3.35. The molecule has 4 heteroatoms. The second-order valence-corrected chi connectivity index (χ2v) is 6.70. The Hall–Kier alpha value is -1.32. The largest absolute Gasteiger partial charge is 0.373 e. The predicted octanol–water partition coefficient (Wildman–Crippen LogP) is 4.08. The molecular formula is C17H28N4. The first-order valence-corrected chi connectivity index (χ1v) is 8.54. The first-order valence-electron chi connectivity index (χ1n) is 8.54. The van der Waals surface area contributed by atoms with Crippen LogP contribution in [0.15, 0.2) is 0 Å². The average molecular weight is 288 g/mol. The Labute approximate surface area is 128 Å². The normalized spacial score (nSPS) is 25.7. The van der Waals surface area contributed by atoms with Gasteiger partial charge in [-0.2, -0.15) is 0 Å². The number of rotatable bonds is 5. The lowest BCUT2D eigenvalue weighted by atomic mass is 9.84. The van der Waals surface area contributed by atoms with Crippen molar-refractivity contribution < 1.29 is 0 Å². The molecule has 0 radical (unpaired) electrons. The summed E-state index contributed by atoms with van der Waals surface area (Å²) in [6, 6.07) is 0.582. The standard InChI is InChI=1S/C17H28N4/c1-4-12-5-9-14(10-6-12)19-16-11(2)15(18-3)20-17(21-16)13-7-8-13/h12-14H,4-10H2,1-3H3,(H2,18,19,20,21). The fraction of sp³-hybridized carbons (Fsp3) is 0.765. The third kappa shape index (κ3) is 3.30. The van der Waals surface area contributed by atoms with Crippen LogP contribution in [0.4, 0.5) is 11.6 Å². The molecule has 2 aliphatic rings. The lowest BCUT2D eigenvalue weighted by Crippen LogP contribution is -2.27. The van der Waals surface area contributed by atoms with Crippen molar-refractivity contribution >= 4 is 11.6 Å². The lowest BCUT2D eigenvalue weighted by molar-refractivity contribution is 0.329. The maximum absolute atomic E-state index is 4.81. The maximum atomic E-state index is 4.81. The van der Waals surface area contributed by atoms with Crippen molar-refractivity contribution in [3.63, 3.8) is 0 Å². The van der Waals surface area contributed by atoms with Crippen LogP contribution >= 0.6 is 0 Å². The summed E-state index contributed by atoms with van der Waals surface area (Å²) in [5.74, 6) is 4.58. The van der Waals surface area contributed by atoms with E-state index < -0.39 is 0 Å². The first-order chi connectivity index (χ1) is 10.2. The fourth-order valence-electron chi connectivity index (χ4n) is 3.35. The Kier molecular flexibility index (Phi) is 4.32. The van der Waals surface area contributed by atoms with Gasteiger partial charge in [0.15, 0.2) is 0 Å². The van der Waals surface area contributed by atoms with Gasteiger partial charge in [0.2, 0.25) is 0 Å². The predicted molar refractivity (Wildman–Crippen MR) is 88.0 cm³/mol. The molecule has 0 bridgehead atoms. The number of nitrogens with one attached hydrogen (secondary N) is 2. The first kappa shape index (κ1) is 14.6. The SMILES string of the molecule is CCC1CCC(Nc2nc(C3CC3)nc(NC)c2C)CC1. The van der Waals surface area contributed by atoms with Crippen LogP contribution in [0.3, 0.4) is 0 Å². The van der Waals surface area contributed by atoms with E-state index in [9.17, 15) is 0 Å². The summed E-state index contributed by atoms with van der Waals surface area (Å²) in [6.07, 6.45) is 9.07. The summed E-state index contributed by atoms with van der Waals surface area (Å²) in [6.45, 7) is 4.43. The zero-order valence-corrected chi connectivity index (χ0v) is 13.6. The van der Waals surface area contributed by atoms with Gasteiger partial charge < -0.3 is 10.6 Å². The molecule has 2 saturated carbocycles. The molecule has 2 fully saturated rings. The van der Waals surface area contributed by atoms with Gasteiger partial charge in [-0.05, 0) is 51.4 Å². The molecule has 3 rings (SSSR count). The molecule has 0 spiro atoms. The van der Waals surface area contributed by atoms with Gasteiger partial charge in [0, 0.05) is 24.6 Å². The monoisotopic (exact) mass is 288 g/mol. The molecule has 2 aliphatic carbocycles. The Bertz CT molecular complexity index is 488. The van der Waals surface area contributed by atoms with Gasteiger partial charge in [0.1, 0.15) is 17.5 Å². The molecule has 2 N–H and O–H groups in total. The van der Waals surface area contributed by atoms with Crippen LogP contribution < -0.4 is 10.6 Å². The second-order valence-electron chi connectivity index (χ2n) is 6.70. The maximum Gasteiger partial charge on any atom is 0.136 e. The van der Waals surface area contributed by atoms with E-state index in [2.05, 4.69) is 29.5 Å². The average Bonchev–Trinajstić information content (AvgIpc) is 3.35. The van der Waals surface area contributed by atoms with Crippen LogP contribution in [0, 0.1) is 12.8 Å². The highest BCUT2D eigenvalue weighted by atomic mass is 15.1. The van der Waals surface area contributed by atoms with E-state index in [0.717, 1.165) is 28.9 Å². The molecule has 1 aromatic rings. The van der Waals surface area contributed by atoms with Crippen molar-refractivity contribution in [3.8, 4) is 0 Å². The molecule has 116 valence electrons. The Morgan fingerprint density at radius 2 is 1.67 bits per heavy atom. The zero-order valence-electron chi connectivity index (χ0n) is 13.6. The highest BCUT2D eigenvalue weighted by Crippen LogP contribution is 2.40. The van der Waals surface area contributed by atoms with E-state index in [4.69, 9.17) is 4.98 Å². The molecular weight excluding hydrogens is 260 g/mol. The number of aromatic nitrogens is 2. The summed E-state index contributed by atoms with van der Waals surface area (Å²) in [5.41, 5.74) is 1.15. The van der Waals surface area contributed by atoms with Crippen molar-refractivity contribution in [2.45, 2.75) is 70.8 Å². The number of hydrogen-bond acceptors (Lipinski definition) is 4. The zero-order chi connectivity index (χ0) is 14.8. The van der Waals surface area contributed by atoms with E-state index in [1.165, 1.54) is 44.9 Å². The molecule has 1 heterocycles. The van der Waals surface area contributed by atoms with Gasteiger partial charge in [-0.15, -0.1) is 0 Å². The number of nitrogens with zero attached hydrogens (tertiary/aromatic N) is 2. The van der Waals surface area contributed by atoms with E-state index in [1.54, 1.807) is 0 Å². The molecule has 0 aromatic carbocycles. The van der Waals surface area contributed by atoms with Crippen LogP contribution in [0.2, 0.25) is 0 Å². The minimum Gasteiger partial charge on any atom is -0.373 e. The van der Waals surface area contributed by atoms with E-state index in [1.807, 2.05) is 7.05 Å². The van der Waals surface area contributed by atoms with Crippen molar-refractivity contribution in [2.75, 3.05) is 17.7 Å². The van der Waals surface area contributed by atoms with E-state index in [-0.39, 0.29) is 0 Å². The van der Waals surface area contributed by atoms with Crippen molar-refractivity contribution in [2.24, 2.45) is 5.92 Å². The van der Waals surface area contributed by atoms with Crippen LogP contribution in [-0.4, -0.2) is 23.1 Å². The smallest absolute Gasteiger partial charge is 0.136 e. The number of anilines is 2. The molecule has 1 aromatic heterocycles. The molecule has 0 amide bonds. The second kappa shape index (κ2) is 6.20. The van der Waals surface area contributed by atoms with Crippen molar-refractivity contribution in [3.05, 3.63) is 11.4 Å². The molecule has 0 atom stereocenters.